The molecule has 0 radical (unpaired) electrons. The summed E-state index contributed by atoms with van der Waals surface area (Å²) in [6.45, 7) is 0.0748. The molecule has 2 rings (SSSR count). The van der Waals surface area contributed by atoms with E-state index in [1.165, 1.54) is 11.0 Å². The molecule has 0 aromatic heterocycles. The van der Waals surface area contributed by atoms with Crippen molar-refractivity contribution >= 4 is 27.8 Å². The molecule has 1 aromatic carbocycles. The molecule has 1 heterocycles. The number of amidine groups is 1. The fraction of sp³-hybridized carbons (Fsp3) is 0.167. The molecular formula is C12H9BrFN3O. The lowest BCUT2D eigenvalue weighted by Crippen LogP contribution is -2.33. The van der Waals surface area contributed by atoms with Crippen LogP contribution in [0.1, 0.15) is 11.6 Å². The number of hydrogen-bond donors (Lipinski definition) is 1. The highest BCUT2D eigenvalue weighted by molar-refractivity contribution is 9.10. The maximum Gasteiger partial charge on any atom is 0.346 e. The second-order valence-electron chi connectivity index (χ2n) is 3.73. The Labute approximate surface area is 112 Å². The van der Waals surface area contributed by atoms with Crippen molar-refractivity contribution in [3.8, 4) is 12.3 Å². The second-order valence-corrected chi connectivity index (χ2v) is 4.58. The maximum atomic E-state index is 13.5. The van der Waals surface area contributed by atoms with Gasteiger partial charge in [-0.1, -0.05) is 12.0 Å². The van der Waals surface area contributed by atoms with Crippen LogP contribution in [0.2, 0.25) is 0 Å². The van der Waals surface area contributed by atoms with Gasteiger partial charge in [-0.05, 0) is 33.6 Å². The highest BCUT2D eigenvalue weighted by atomic mass is 79.9. The van der Waals surface area contributed by atoms with Gasteiger partial charge in [0.05, 0.1) is 11.0 Å². The number of nitrogens with zero attached hydrogens (tertiary/aromatic N) is 2. The van der Waals surface area contributed by atoms with E-state index in [2.05, 4.69) is 26.8 Å². The molecule has 0 saturated carbocycles. The Balaban J connectivity index is 2.41. The smallest absolute Gasteiger partial charge is 0.346 e. The van der Waals surface area contributed by atoms with Crippen LogP contribution in [0.3, 0.4) is 0 Å². The minimum atomic E-state index is -0.601. The Bertz CT molecular complexity index is 579. The van der Waals surface area contributed by atoms with Crippen LogP contribution in [0.25, 0.3) is 0 Å². The molecule has 0 aliphatic carbocycles. The van der Waals surface area contributed by atoms with E-state index in [1.807, 2.05) is 0 Å². The molecule has 6 heteroatoms. The van der Waals surface area contributed by atoms with Crippen LogP contribution >= 0.6 is 15.9 Å². The van der Waals surface area contributed by atoms with Crippen molar-refractivity contribution in [1.82, 2.24) is 4.90 Å². The van der Waals surface area contributed by atoms with Crippen molar-refractivity contribution in [2.75, 3.05) is 6.54 Å². The number of terminal acetylenes is 1. The molecule has 2 amide bonds. The quantitative estimate of drug-likeness (QED) is 0.850. The second kappa shape index (κ2) is 4.78. The van der Waals surface area contributed by atoms with Crippen LogP contribution < -0.4 is 5.73 Å². The topological polar surface area (TPSA) is 58.7 Å². The lowest BCUT2D eigenvalue weighted by atomic mass is 10.1. The first-order valence-electron chi connectivity index (χ1n) is 5.07. The fourth-order valence-electron chi connectivity index (χ4n) is 1.80. The predicted molar refractivity (Wildman–Crippen MR) is 69.4 cm³/mol. The number of carbonyl (C=O) groups is 1. The van der Waals surface area contributed by atoms with Gasteiger partial charge >= 0.3 is 6.03 Å². The predicted octanol–water partition coefficient (Wildman–Crippen LogP) is 2.06. The third-order valence-corrected chi connectivity index (χ3v) is 3.23. The van der Waals surface area contributed by atoms with E-state index >= 15 is 0 Å². The number of urea groups is 1. The van der Waals surface area contributed by atoms with Gasteiger partial charge in [0, 0.05) is 0 Å². The molecule has 0 spiro atoms. The van der Waals surface area contributed by atoms with Gasteiger partial charge in [-0.25, -0.2) is 9.18 Å². The normalized spacial score (nSPS) is 18.7. The lowest BCUT2D eigenvalue weighted by molar-refractivity contribution is 0.213. The monoisotopic (exact) mass is 309 g/mol. The van der Waals surface area contributed by atoms with E-state index in [9.17, 15) is 9.18 Å². The van der Waals surface area contributed by atoms with Crippen molar-refractivity contribution in [3.05, 3.63) is 34.1 Å². The summed E-state index contributed by atoms with van der Waals surface area (Å²) in [7, 11) is 0. The van der Waals surface area contributed by atoms with Crippen LogP contribution in [-0.4, -0.2) is 23.3 Å². The van der Waals surface area contributed by atoms with Crippen molar-refractivity contribution in [3.63, 3.8) is 0 Å². The first-order valence-corrected chi connectivity index (χ1v) is 5.87. The van der Waals surface area contributed by atoms with E-state index in [4.69, 9.17) is 12.2 Å². The summed E-state index contributed by atoms with van der Waals surface area (Å²) in [6.07, 6.45) is 5.19. The van der Waals surface area contributed by atoms with Crippen LogP contribution in [0, 0.1) is 18.2 Å². The molecule has 1 aliphatic heterocycles. The van der Waals surface area contributed by atoms with E-state index in [0.717, 1.165) is 0 Å². The van der Waals surface area contributed by atoms with Crippen LogP contribution in [0.5, 0.6) is 0 Å². The highest BCUT2D eigenvalue weighted by Gasteiger charge is 2.34. The minimum Gasteiger partial charge on any atom is -0.385 e. The number of aliphatic imine (C=N–C) groups is 1. The first-order chi connectivity index (χ1) is 8.54. The molecule has 1 atom stereocenters. The summed E-state index contributed by atoms with van der Waals surface area (Å²) in [6, 6.07) is 3.42. The zero-order valence-corrected chi connectivity index (χ0v) is 10.8. The fourth-order valence-corrected chi connectivity index (χ4v) is 2.04. The van der Waals surface area contributed by atoms with Crippen molar-refractivity contribution in [2.24, 2.45) is 10.7 Å². The highest BCUT2D eigenvalue weighted by Crippen LogP contribution is 2.28. The maximum absolute atomic E-state index is 13.5. The van der Waals surface area contributed by atoms with Gasteiger partial charge < -0.3 is 5.73 Å². The molecule has 18 heavy (non-hydrogen) atoms. The molecular weight excluding hydrogens is 301 g/mol. The molecule has 92 valence electrons. The average molecular weight is 310 g/mol. The summed E-state index contributed by atoms with van der Waals surface area (Å²) in [5, 5.41) is 0. The Morgan fingerprint density at radius 1 is 1.61 bits per heavy atom. The molecule has 0 saturated heterocycles. The first kappa shape index (κ1) is 12.6. The van der Waals surface area contributed by atoms with Gasteiger partial charge in [-0.2, -0.15) is 4.99 Å². The minimum absolute atomic E-state index is 0.0748. The van der Waals surface area contributed by atoms with Crippen LogP contribution in [0.15, 0.2) is 27.7 Å². The molecule has 4 nitrogen and oxygen atoms in total. The number of amides is 2. The number of rotatable bonds is 2. The number of halogens is 2. The standard InChI is InChI=1S/C12H9BrFN3O/c1-2-5-17-10(11(15)16-12(17)18)7-3-4-8(13)9(14)6-7/h1,3-4,6,10H,5H2,(H2,15,16,18). The Hall–Kier alpha value is -1.87. The van der Waals surface area contributed by atoms with Crippen molar-refractivity contribution in [2.45, 2.75) is 6.04 Å². The van der Waals surface area contributed by atoms with E-state index in [0.29, 0.717) is 10.0 Å². The number of carbonyl (C=O) groups excluding carboxylic acids is 1. The lowest BCUT2D eigenvalue weighted by Gasteiger charge is -2.22. The van der Waals surface area contributed by atoms with E-state index in [-0.39, 0.29) is 12.4 Å². The number of hydrogen-bond acceptors (Lipinski definition) is 2. The Morgan fingerprint density at radius 2 is 2.33 bits per heavy atom. The van der Waals surface area contributed by atoms with Gasteiger partial charge in [0.2, 0.25) is 0 Å². The largest absolute Gasteiger partial charge is 0.385 e. The zero-order chi connectivity index (χ0) is 13.3. The number of benzene rings is 1. The number of nitrogens with two attached hydrogens (primary N) is 1. The Morgan fingerprint density at radius 3 is 2.94 bits per heavy atom. The Kier molecular flexibility index (Phi) is 3.34. The third-order valence-electron chi connectivity index (χ3n) is 2.58. The van der Waals surface area contributed by atoms with Crippen LogP contribution in [-0.2, 0) is 0 Å². The molecule has 1 unspecified atom stereocenters. The van der Waals surface area contributed by atoms with Crippen LogP contribution in [0.4, 0.5) is 9.18 Å². The molecule has 1 aliphatic rings. The summed E-state index contributed by atoms with van der Waals surface area (Å²) < 4.78 is 13.8. The molecule has 1 aromatic rings. The van der Waals surface area contributed by atoms with E-state index < -0.39 is 17.9 Å². The van der Waals surface area contributed by atoms with Crippen molar-refractivity contribution in [1.29, 1.82) is 0 Å². The van der Waals surface area contributed by atoms with Gasteiger partial charge in [0.25, 0.3) is 0 Å². The van der Waals surface area contributed by atoms with Gasteiger partial charge in [0.15, 0.2) is 0 Å². The summed E-state index contributed by atoms with van der Waals surface area (Å²) in [5.41, 5.74) is 6.23. The van der Waals surface area contributed by atoms with E-state index in [1.54, 1.807) is 12.1 Å². The molecule has 0 fully saturated rings. The van der Waals surface area contributed by atoms with Gasteiger partial charge in [-0.15, -0.1) is 6.42 Å². The summed E-state index contributed by atoms with van der Waals surface area (Å²) >= 11 is 3.06. The summed E-state index contributed by atoms with van der Waals surface area (Å²) in [4.78, 5) is 16.5. The van der Waals surface area contributed by atoms with Crippen molar-refractivity contribution < 1.29 is 9.18 Å². The molecule has 0 bridgehead atoms. The zero-order valence-electron chi connectivity index (χ0n) is 9.23. The van der Waals surface area contributed by atoms with Gasteiger partial charge in [0.1, 0.15) is 17.7 Å². The van der Waals surface area contributed by atoms with Gasteiger partial charge in [-0.3, -0.25) is 4.90 Å². The summed E-state index contributed by atoms with van der Waals surface area (Å²) in [5.74, 6) is 2.05. The third kappa shape index (κ3) is 2.09. The SMILES string of the molecule is C#CCN1C(=O)N=C(N)C1c1ccc(Br)c(F)c1. The molecule has 2 N–H and O–H groups in total. The average Bonchev–Trinajstić information content (AvgIpc) is 2.59.